The first-order chi connectivity index (χ1) is 11.1. The van der Waals surface area contributed by atoms with Gasteiger partial charge in [-0.15, -0.1) is 0 Å². The van der Waals surface area contributed by atoms with Gasteiger partial charge in [-0.1, -0.05) is 40.2 Å². The molecule has 0 saturated carbocycles. The number of carbonyl (C=O) groups excluding carboxylic acids is 1. The fourth-order valence-corrected chi connectivity index (χ4v) is 3.48. The van der Waals surface area contributed by atoms with E-state index in [1.54, 1.807) is 0 Å². The standard InChI is InChI=1S/C19H20BrNO2/c1-14-5-2-8-17(11-14)23-13-19(22)21-10-4-9-18(21)15-6-3-7-16(20)12-15/h2-3,5-8,11-12,18H,4,9-10,13H2,1H3. The van der Waals surface area contributed by atoms with Gasteiger partial charge in [0, 0.05) is 11.0 Å². The second kappa shape index (κ2) is 7.18. The Morgan fingerprint density at radius 1 is 1.26 bits per heavy atom. The average Bonchev–Trinajstić information content (AvgIpc) is 3.02. The zero-order valence-corrected chi connectivity index (χ0v) is 14.8. The molecule has 120 valence electrons. The summed E-state index contributed by atoms with van der Waals surface area (Å²) in [5, 5.41) is 0. The highest BCUT2D eigenvalue weighted by Gasteiger charge is 2.30. The Kier molecular flexibility index (Phi) is 5.01. The first kappa shape index (κ1) is 16.1. The molecule has 1 saturated heterocycles. The van der Waals surface area contributed by atoms with Crippen LogP contribution in [0.4, 0.5) is 0 Å². The Hall–Kier alpha value is -1.81. The molecule has 1 aliphatic rings. The first-order valence-corrected chi connectivity index (χ1v) is 8.67. The molecule has 4 heteroatoms. The van der Waals surface area contributed by atoms with Crippen molar-refractivity contribution in [2.45, 2.75) is 25.8 Å². The minimum Gasteiger partial charge on any atom is -0.484 e. The molecule has 0 aromatic heterocycles. The molecule has 2 aromatic rings. The van der Waals surface area contributed by atoms with Gasteiger partial charge < -0.3 is 9.64 Å². The Bertz CT molecular complexity index is 701. The van der Waals surface area contributed by atoms with Gasteiger partial charge in [0.15, 0.2) is 6.61 Å². The van der Waals surface area contributed by atoms with Crippen LogP contribution in [0.2, 0.25) is 0 Å². The van der Waals surface area contributed by atoms with E-state index in [1.807, 2.05) is 48.2 Å². The van der Waals surface area contributed by atoms with Crippen LogP contribution < -0.4 is 4.74 Å². The number of amides is 1. The lowest BCUT2D eigenvalue weighted by Gasteiger charge is -2.25. The maximum Gasteiger partial charge on any atom is 0.261 e. The molecular formula is C19H20BrNO2. The number of hydrogen-bond donors (Lipinski definition) is 0. The molecule has 0 radical (unpaired) electrons. The molecule has 2 aromatic carbocycles. The summed E-state index contributed by atoms with van der Waals surface area (Å²) in [6, 6.07) is 16.1. The Morgan fingerprint density at radius 3 is 2.87 bits per heavy atom. The molecule has 1 atom stereocenters. The lowest BCUT2D eigenvalue weighted by molar-refractivity contribution is -0.134. The van der Waals surface area contributed by atoms with Crippen LogP contribution in [0.25, 0.3) is 0 Å². The molecule has 0 N–H and O–H groups in total. The zero-order valence-electron chi connectivity index (χ0n) is 13.2. The van der Waals surface area contributed by atoms with Gasteiger partial charge >= 0.3 is 0 Å². The second-order valence-electron chi connectivity index (χ2n) is 5.91. The lowest BCUT2D eigenvalue weighted by Crippen LogP contribution is -2.34. The normalized spacial score (nSPS) is 17.3. The second-order valence-corrected chi connectivity index (χ2v) is 6.82. The number of aryl methyl sites for hydroxylation is 1. The number of carbonyl (C=O) groups is 1. The van der Waals surface area contributed by atoms with Gasteiger partial charge in [-0.25, -0.2) is 0 Å². The van der Waals surface area contributed by atoms with E-state index in [-0.39, 0.29) is 18.6 Å². The van der Waals surface area contributed by atoms with E-state index in [4.69, 9.17) is 4.74 Å². The van der Waals surface area contributed by atoms with Crippen LogP contribution >= 0.6 is 15.9 Å². The van der Waals surface area contributed by atoms with Gasteiger partial charge in [-0.2, -0.15) is 0 Å². The van der Waals surface area contributed by atoms with E-state index >= 15 is 0 Å². The minimum absolute atomic E-state index is 0.0500. The molecule has 0 bridgehead atoms. The Morgan fingerprint density at radius 2 is 2.09 bits per heavy atom. The fraction of sp³-hybridized carbons (Fsp3) is 0.316. The third kappa shape index (κ3) is 3.94. The van der Waals surface area contributed by atoms with E-state index in [2.05, 4.69) is 28.1 Å². The number of rotatable bonds is 4. The Labute approximate surface area is 145 Å². The predicted molar refractivity (Wildman–Crippen MR) is 94.5 cm³/mol. The van der Waals surface area contributed by atoms with Crippen molar-refractivity contribution in [3.8, 4) is 5.75 Å². The summed E-state index contributed by atoms with van der Waals surface area (Å²) in [4.78, 5) is 14.5. The number of nitrogens with zero attached hydrogens (tertiary/aromatic N) is 1. The van der Waals surface area contributed by atoms with Gasteiger partial charge in [0.25, 0.3) is 5.91 Å². The van der Waals surface area contributed by atoms with Crippen LogP contribution in [0, 0.1) is 6.92 Å². The van der Waals surface area contributed by atoms with Crippen LogP contribution in [-0.4, -0.2) is 24.0 Å². The summed E-state index contributed by atoms with van der Waals surface area (Å²) in [7, 11) is 0. The van der Waals surface area contributed by atoms with Crippen molar-refractivity contribution >= 4 is 21.8 Å². The highest BCUT2D eigenvalue weighted by atomic mass is 79.9. The van der Waals surface area contributed by atoms with Crippen molar-refractivity contribution < 1.29 is 9.53 Å². The van der Waals surface area contributed by atoms with E-state index in [1.165, 1.54) is 5.56 Å². The molecule has 1 aliphatic heterocycles. The van der Waals surface area contributed by atoms with Gasteiger partial charge in [0.05, 0.1) is 6.04 Å². The zero-order chi connectivity index (χ0) is 16.2. The molecule has 1 amide bonds. The number of ether oxygens (including phenoxy) is 1. The van der Waals surface area contributed by atoms with Crippen molar-refractivity contribution in [3.05, 3.63) is 64.1 Å². The summed E-state index contributed by atoms with van der Waals surface area (Å²) >= 11 is 3.51. The Balaban J connectivity index is 1.66. The van der Waals surface area contributed by atoms with Gasteiger partial charge in [-0.05, 0) is 55.2 Å². The number of benzene rings is 2. The number of halogens is 1. The van der Waals surface area contributed by atoms with Gasteiger partial charge in [-0.3, -0.25) is 4.79 Å². The van der Waals surface area contributed by atoms with Crippen LogP contribution in [-0.2, 0) is 4.79 Å². The van der Waals surface area contributed by atoms with Gasteiger partial charge in [0.1, 0.15) is 5.75 Å². The molecule has 23 heavy (non-hydrogen) atoms. The molecule has 1 unspecified atom stereocenters. The first-order valence-electron chi connectivity index (χ1n) is 7.88. The van der Waals surface area contributed by atoms with Gasteiger partial charge in [0.2, 0.25) is 0 Å². The van der Waals surface area contributed by atoms with Crippen molar-refractivity contribution in [1.82, 2.24) is 4.90 Å². The summed E-state index contributed by atoms with van der Waals surface area (Å²) in [6.45, 7) is 2.90. The third-order valence-corrected chi connectivity index (χ3v) is 4.65. The topological polar surface area (TPSA) is 29.5 Å². The maximum atomic E-state index is 12.6. The smallest absolute Gasteiger partial charge is 0.261 e. The number of likely N-dealkylation sites (tertiary alicyclic amines) is 1. The van der Waals surface area contributed by atoms with E-state index < -0.39 is 0 Å². The van der Waals surface area contributed by atoms with Crippen molar-refractivity contribution in [2.75, 3.05) is 13.2 Å². The molecule has 3 rings (SSSR count). The molecule has 1 fully saturated rings. The lowest BCUT2D eigenvalue weighted by atomic mass is 10.0. The van der Waals surface area contributed by atoms with Crippen molar-refractivity contribution in [3.63, 3.8) is 0 Å². The minimum atomic E-state index is 0.0500. The molecule has 3 nitrogen and oxygen atoms in total. The maximum absolute atomic E-state index is 12.6. The molecule has 0 spiro atoms. The summed E-state index contributed by atoms with van der Waals surface area (Å²) in [5.74, 6) is 0.797. The highest BCUT2D eigenvalue weighted by Crippen LogP contribution is 2.33. The summed E-state index contributed by atoms with van der Waals surface area (Å²) in [6.07, 6.45) is 2.04. The van der Waals surface area contributed by atoms with Crippen LogP contribution in [0.1, 0.15) is 30.0 Å². The van der Waals surface area contributed by atoms with Crippen molar-refractivity contribution in [2.24, 2.45) is 0 Å². The largest absolute Gasteiger partial charge is 0.484 e. The van der Waals surface area contributed by atoms with Crippen LogP contribution in [0.15, 0.2) is 53.0 Å². The third-order valence-electron chi connectivity index (χ3n) is 4.16. The SMILES string of the molecule is Cc1cccc(OCC(=O)N2CCCC2c2cccc(Br)c2)c1. The van der Waals surface area contributed by atoms with E-state index in [9.17, 15) is 4.79 Å². The number of hydrogen-bond acceptors (Lipinski definition) is 2. The molecule has 1 heterocycles. The highest BCUT2D eigenvalue weighted by molar-refractivity contribution is 9.10. The average molecular weight is 374 g/mol. The van der Waals surface area contributed by atoms with Crippen LogP contribution in [0.3, 0.4) is 0 Å². The van der Waals surface area contributed by atoms with Crippen LogP contribution in [0.5, 0.6) is 5.75 Å². The van der Waals surface area contributed by atoms with Crippen molar-refractivity contribution in [1.29, 1.82) is 0 Å². The van der Waals surface area contributed by atoms with E-state index in [0.717, 1.165) is 35.2 Å². The molecule has 0 aliphatic carbocycles. The molecular weight excluding hydrogens is 354 g/mol. The quantitative estimate of drug-likeness (QED) is 0.789. The predicted octanol–water partition coefficient (Wildman–Crippen LogP) is 4.50. The monoisotopic (exact) mass is 373 g/mol. The van der Waals surface area contributed by atoms with E-state index in [0.29, 0.717) is 0 Å². The fourth-order valence-electron chi connectivity index (χ4n) is 3.06. The summed E-state index contributed by atoms with van der Waals surface area (Å²) < 4.78 is 6.72. The summed E-state index contributed by atoms with van der Waals surface area (Å²) in [5.41, 5.74) is 2.31.